The zero-order chi connectivity index (χ0) is 27.8. The molecule has 8 nitrogen and oxygen atoms in total. The predicted octanol–water partition coefficient (Wildman–Crippen LogP) is 4.82. The highest BCUT2D eigenvalue weighted by Crippen LogP contribution is 2.53. The minimum Gasteiger partial charge on any atom is -0.478 e. The molecule has 3 heterocycles. The van der Waals surface area contributed by atoms with Crippen molar-refractivity contribution in [1.82, 2.24) is 9.88 Å². The lowest BCUT2D eigenvalue weighted by Crippen LogP contribution is -2.40. The second-order valence-corrected chi connectivity index (χ2v) is 8.16. The van der Waals surface area contributed by atoms with Gasteiger partial charge in [-0.2, -0.15) is 22.0 Å². The van der Waals surface area contributed by atoms with Gasteiger partial charge >= 0.3 is 24.7 Å². The Labute approximate surface area is 208 Å². The van der Waals surface area contributed by atoms with Crippen molar-refractivity contribution in [1.29, 1.82) is 0 Å². The van der Waals surface area contributed by atoms with E-state index in [-0.39, 0.29) is 24.4 Å². The summed E-state index contributed by atoms with van der Waals surface area (Å²) in [5, 5.41) is 15.2. The van der Waals surface area contributed by atoms with Gasteiger partial charge < -0.3 is 19.8 Å². The van der Waals surface area contributed by atoms with Crippen molar-refractivity contribution in [3.63, 3.8) is 0 Å². The Morgan fingerprint density at radius 3 is 2.32 bits per heavy atom. The monoisotopic (exact) mass is 557 g/mol. The van der Waals surface area contributed by atoms with Crippen molar-refractivity contribution in [2.24, 2.45) is 4.99 Å². The minimum absolute atomic E-state index is 0.00555. The van der Waals surface area contributed by atoms with E-state index in [1.807, 2.05) is 0 Å². The quantitative estimate of drug-likeness (QED) is 0.310. The molecule has 1 aliphatic carbocycles. The molecule has 0 fully saturated rings. The van der Waals surface area contributed by atoms with Crippen molar-refractivity contribution in [3.8, 4) is 0 Å². The van der Waals surface area contributed by atoms with Crippen molar-refractivity contribution in [2.75, 3.05) is 6.54 Å². The lowest BCUT2D eigenvalue weighted by molar-refractivity contribution is -0.134. The molecule has 200 valence electrons. The zero-order valence-electron chi connectivity index (χ0n) is 18.1. The van der Waals surface area contributed by atoms with Crippen molar-refractivity contribution in [3.05, 3.63) is 64.3 Å². The normalized spacial score (nSPS) is 22.0. The molecule has 0 aromatic carbocycles. The Balaban J connectivity index is 0.000000414. The van der Waals surface area contributed by atoms with Crippen molar-refractivity contribution >= 4 is 29.4 Å². The van der Waals surface area contributed by atoms with E-state index in [4.69, 9.17) is 21.8 Å². The number of hydrogen-bond donors (Lipinski definition) is 2. The first kappa shape index (κ1) is 28.0. The molecule has 0 bridgehead atoms. The average molecular weight is 558 g/mol. The van der Waals surface area contributed by atoms with E-state index in [0.717, 1.165) is 4.90 Å². The summed E-state index contributed by atoms with van der Waals surface area (Å²) in [5.41, 5.74) is -3.19. The molecule has 0 radical (unpaired) electrons. The molecule has 1 atom stereocenters. The summed E-state index contributed by atoms with van der Waals surface area (Å²) in [6, 6.07) is 1.27. The number of halogens is 8. The van der Waals surface area contributed by atoms with Gasteiger partial charge in [0.25, 0.3) is 5.92 Å². The third-order valence-corrected chi connectivity index (χ3v) is 5.65. The highest BCUT2D eigenvalue weighted by molar-refractivity contribution is 6.30. The van der Waals surface area contributed by atoms with Gasteiger partial charge in [-0.1, -0.05) is 11.6 Å². The number of fused-ring (bicyclic) bond motifs is 3. The van der Waals surface area contributed by atoms with Crippen LogP contribution in [0.2, 0.25) is 5.15 Å². The van der Waals surface area contributed by atoms with Crippen LogP contribution in [0.5, 0.6) is 0 Å². The van der Waals surface area contributed by atoms with Gasteiger partial charge in [-0.3, -0.25) is 4.99 Å². The third kappa shape index (κ3) is 6.03. The maximum atomic E-state index is 14.4. The van der Waals surface area contributed by atoms with Crippen LogP contribution in [0.15, 0.2) is 53.0 Å². The number of allylic oxidation sites excluding steroid dienone is 2. The highest BCUT2D eigenvalue weighted by Gasteiger charge is 2.54. The Bertz CT molecular complexity index is 1210. The van der Waals surface area contributed by atoms with Gasteiger partial charge in [0.05, 0.1) is 17.7 Å². The second-order valence-electron chi connectivity index (χ2n) is 7.80. The van der Waals surface area contributed by atoms with Crippen molar-refractivity contribution < 1.29 is 55.3 Å². The number of aromatic nitrogens is 1. The van der Waals surface area contributed by atoms with E-state index in [1.54, 1.807) is 0 Å². The van der Waals surface area contributed by atoms with Gasteiger partial charge in [0.2, 0.25) is 0 Å². The summed E-state index contributed by atoms with van der Waals surface area (Å²) in [6.45, 7) is -3.66. The summed E-state index contributed by atoms with van der Waals surface area (Å²) in [6.07, 6.45) is -2.33. The van der Waals surface area contributed by atoms with E-state index in [9.17, 15) is 40.3 Å². The lowest BCUT2D eigenvalue weighted by Gasteiger charge is -2.37. The molecule has 37 heavy (non-hydrogen) atoms. The number of pyridine rings is 1. The van der Waals surface area contributed by atoms with Gasteiger partial charge in [-0.05, 0) is 24.1 Å². The predicted molar refractivity (Wildman–Crippen MR) is 112 cm³/mol. The van der Waals surface area contributed by atoms with Crippen LogP contribution in [0.3, 0.4) is 0 Å². The molecule has 1 spiro atoms. The molecule has 4 rings (SSSR count). The summed E-state index contributed by atoms with van der Waals surface area (Å²) < 4.78 is 98.2. The Morgan fingerprint density at radius 1 is 1.16 bits per heavy atom. The molecule has 1 aromatic heterocycles. The first-order valence-corrected chi connectivity index (χ1v) is 10.4. The number of ether oxygens (including phenoxy) is 1. The van der Waals surface area contributed by atoms with Crippen LogP contribution in [-0.4, -0.2) is 57.2 Å². The molecule has 0 saturated heterocycles. The number of alkyl halides is 7. The summed E-state index contributed by atoms with van der Waals surface area (Å²) >= 11 is 5.87. The summed E-state index contributed by atoms with van der Waals surface area (Å²) in [7, 11) is 0. The van der Waals surface area contributed by atoms with Crippen LogP contribution in [0.1, 0.15) is 24.0 Å². The highest BCUT2D eigenvalue weighted by atomic mass is 35.5. The Kier molecular flexibility index (Phi) is 7.58. The van der Waals surface area contributed by atoms with Gasteiger partial charge in [0, 0.05) is 31.0 Å². The largest absolute Gasteiger partial charge is 0.478 e. The fraction of sp³-hybridized carbons (Fsp3) is 0.333. The van der Waals surface area contributed by atoms with Crippen LogP contribution >= 0.6 is 11.6 Å². The maximum Gasteiger partial charge on any atom is 0.417 e. The molecule has 16 heteroatoms. The maximum absolute atomic E-state index is 14.4. The molecule has 2 N–H and O–H groups in total. The van der Waals surface area contributed by atoms with Crippen LogP contribution in [-0.2, 0) is 25.8 Å². The van der Waals surface area contributed by atoms with E-state index in [0.29, 0.717) is 24.4 Å². The molecule has 0 unspecified atom stereocenters. The zero-order valence-corrected chi connectivity index (χ0v) is 18.9. The molecule has 0 amide bonds. The number of aliphatic imine (C=N–C) groups is 1. The fourth-order valence-electron chi connectivity index (χ4n) is 3.93. The molecular weight excluding hydrogens is 543 g/mol. The Hall–Kier alpha value is -3.62. The van der Waals surface area contributed by atoms with Gasteiger partial charge in [0.15, 0.2) is 11.6 Å². The molecule has 2 aliphatic heterocycles. The number of carbonyl (C=O) groups is 2. The molecule has 1 aromatic rings. The summed E-state index contributed by atoms with van der Waals surface area (Å²) in [4.78, 5) is 28.0. The van der Waals surface area contributed by atoms with E-state index < -0.39 is 64.7 Å². The van der Waals surface area contributed by atoms with Crippen LogP contribution < -0.4 is 0 Å². The number of carboxylic acids is 2. The molecule has 0 saturated carbocycles. The molecule has 3 aliphatic rings. The first-order valence-electron chi connectivity index (χ1n) is 10.1. The number of hydrogen-bond acceptors (Lipinski definition) is 6. The number of rotatable bonds is 4. The number of carboxylic acid groups (broad SMARTS) is 2. The van der Waals surface area contributed by atoms with Gasteiger partial charge in [0.1, 0.15) is 10.7 Å². The van der Waals surface area contributed by atoms with Gasteiger partial charge in [-0.25, -0.2) is 23.4 Å². The smallest absolute Gasteiger partial charge is 0.417 e. The van der Waals surface area contributed by atoms with Crippen molar-refractivity contribution in [2.45, 2.75) is 37.1 Å². The van der Waals surface area contributed by atoms with Crippen LogP contribution in [0, 0.1) is 0 Å². The SMILES string of the molecule is FC(F)OC1=CC(C(F)(F)F)=CN2C[C@@]3(CCC(F)(F)c4c3ccnc4Cl)N=C12.O=C(O)/C=C/C(=O)O. The number of amidine groups is 1. The van der Waals surface area contributed by atoms with Crippen LogP contribution in [0.4, 0.5) is 30.7 Å². The van der Waals surface area contributed by atoms with Crippen LogP contribution in [0.25, 0.3) is 0 Å². The lowest BCUT2D eigenvalue weighted by atomic mass is 9.76. The average Bonchev–Trinajstić information content (AvgIpc) is 3.15. The van der Waals surface area contributed by atoms with E-state index in [1.165, 1.54) is 12.3 Å². The standard InChI is InChI=1S/C17H11ClF7N3O.C4H4O4/c18-12-11-9(1-4-26-12)15(2-3-16(11,21)22)7-28-6-8(17(23,24)25)5-10(13(28)27-15)29-14(19)20;5-3(6)1-2-4(7)8/h1,4-6,14H,2-3,7H2;1-2H,(H,5,6)(H,7,8)/b;2-1+/t15-;/m1./s1. The molecular formula is C21H15ClF7N3O5. The third-order valence-electron chi connectivity index (χ3n) is 5.36. The topological polar surface area (TPSA) is 112 Å². The number of nitrogens with zero attached hydrogens (tertiary/aromatic N) is 3. The first-order chi connectivity index (χ1) is 17.1. The van der Waals surface area contributed by atoms with E-state index in [2.05, 4.69) is 14.7 Å². The number of aliphatic carboxylic acids is 2. The summed E-state index contributed by atoms with van der Waals surface area (Å²) in [5.74, 6) is -6.90. The van der Waals surface area contributed by atoms with Gasteiger partial charge in [-0.15, -0.1) is 0 Å². The Morgan fingerprint density at radius 2 is 1.78 bits per heavy atom. The van der Waals surface area contributed by atoms with E-state index >= 15 is 0 Å². The minimum atomic E-state index is -4.83. The fourth-order valence-corrected chi connectivity index (χ4v) is 4.23. The second kappa shape index (κ2) is 10.0.